The van der Waals surface area contributed by atoms with Gasteiger partial charge in [0.15, 0.2) is 5.78 Å². The van der Waals surface area contributed by atoms with Crippen LogP contribution in [0.1, 0.15) is 31.1 Å². The van der Waals surface area contributed by atoms with Crippen molar-refractivity contribution in [3.8, 4) is 0 Å². The van der Waals surface area contributed by atoms with E-state index in [4.69, 9.17) is 17.2 Å². The molecule has 3 rings (SSSR count). The Kier molecular flexibility index (Phi) is 10.4. The maximum Gasteiger partial charge on any atom is 0.273 e. The summed E-state index contributed by atoms with van der Waals surface area (Å²) in [6.07, 6.45) is 0.997. The van der Waals surface area contributed by atoms with Crippen LogP contribution < -0.4 is 27.4 Å². The van der Waals surface area contributed by atoms with E-state index in [-0.39, 0.29) is 27.7 Å². The number of amides is 3. The van der Waals surface area contributed by atoms with Crippen molar-refractivity contribution in [1.82, 2.24) is 0 Å². The summed E-state index contributed by atoms with van der Waals surface area (Å²) in [4.78, 5) is 51.4. The second-order valence-electron chi connectivity index (χ2n) is 9.25. The number of azo groups is 1. The van der Waals surface area contributed by atoms with Crippen LogP contribution >= 0.6 is 11.8 Å². The molecule has 0 fully saturated rings. The van der Waals surface area contributed by atoms with Crippen LogP contribution in [0, 0.1) is 0 Å². The molecule has 0 spiro atoms. The van der Waals surface area contributed by atoms with Crippen molar-refractivity contribution >= 4 is 68.1 Å². The summed E-state index contributed by atoms with van der Waals surface area (Å²) in [6.45, 7) is 6.53. The molecule has 0 radical (unpaired) electrons. The van der Waals surface area contributed by atoms with Gasteiger partial charge in [0.1, 0.15) is 16.0 Å². The second-order valence-corrected chi connectivity index (χ2v) is 12.0. The third-order valence-corrected chi connectivity index (χ3v) is 8.94. The van der Waals surface area contributed by atoms with Crippen molar-refractivity contribution < 1.29 is 32.1 Å². The van der Waals surface area contributed by atoms with E-state index in [9.17, 15) is 32.1 Å². The highest BCUT2D eigenvalue weighted by atomic mass is 32.2. The van der Waals surface area contributed by atoms with Crippen molar-refractivity contribution in [2.45, 2.75) is 31.3 Å². The fraction of sp³-hybridized carbons (Fsp3) is 0.259. The molecule has 16 heteroatoms. The molecule has 1 aliphatic heterocycles. The van der Waals surface area contributed by atoms with Gasteiger partial charge >= 0.3 is 0 Å². The number of anilines is 3. The molecule has 228 valence electrons. The zero-order valence-electron chi connectivity index (χ0n) is 23.5. The SMILES string of the molecule is CCN(CC)c1ccc(N=NC2=C(C(N)=O)C(S(=O)(=O)O)C(C=C(C(C)=O)C(=O)Nc3cccc(C(N)=O)c3)S2)c(N)c1. The Hall–Kier alpha value is -4.54. The van der Waals surface area contributed by atoms with Crippen LogP contribution in [-0.2, 0) is 24.5 Å². The van der Waals surface area contributed by atoms with Gasteiger partial charge in [0, 0.05) is 30.0 Å². The van der Waals surface area contributed by atoms with Gasteiger partial charge in [0.25, 0.3) is 16.0 Å². The van der Waals surface area contributed by atoms with Crippen LogP contribution in [-0.4, -0.2) is 60.1 Å². The molecular weight excluding hydrogens is 598 g/mol. The first-order chi connectivity index (χ1) is 20.2. The van der Waals surface area contributed by atoms with Gasteiger partial charge < -0.3 is 27.4 Å². The summed E-state index contributed by atoms with van der Waals surface area (Å²) in [5.74, 6) is -3.65. The number of benzene rings is 2. The number of carbonyl (C=O) groups excluding carboxylic acids is 4. The van der Waals surface area contributed by atoms with Crippen LogP contribution in [0.15, 0.2) is 74.9 Å². The number of nitrogen functional groups attached to an aromatic ring is 1. The normalized spacial score (nSPS) is 17.3. The molecular formula is C27H31N7O7S2. The van der Waals surface area contributed by atoms with Gasteiger partial charge in [-0.1, -0.05) is 23.9 Å². The van der Waals surface area contributed by atoms with E-state index in [1.165, 1.54) is 24.3 Å². The number of nitrogens with zero attached hydrogens (tertiary/aromatic N) is 3. The smallest absolute Gasteiger partial charge is 0.273 e. The first-order valence-electron chi connectivity index (χ1n) is 12.8. The Bertz CT molecular complexity index is 1670. The van der Waals surface area contributed by atoms with Crippen molar-refractivity contribution in [2.75, 3.05) is 29.0 Å². The lowest BCUT2D eigenvalue weighted by atomic mass is 10.0. The van der Waals surface area contributed by atoms with Gasteiger partial charge in [-0.3, -0.25) is 23.7 Å². The van der Waals surface area contributed by atoms with Crippen LogP contribution in [0.3, 0.4) is 0 Å². The highest BCUT2D eigenvalue weighted by Crippen LogP contribution is 2.44. The highest BCUT2D eigenvalue weighted by Gasteiger charge is 2.46. The molecule has 0 saturated heterocycles. The quantitative estimate of drug-likeness (QED) is 0.0573. The van der Waals surface area contributed by atoms with E-state index in [1.54, 1.807) is 18.2 Å². The molecule has 2 aromatic carbocycles. The molecule has 3 amide bonds. The Morgan fingerprint density at radius 3 is 2.26 bits per heavy atom. The van der Waals surface area contributed by atoms with Crippen LogP contribution in [0.25, 0.3) is 0 Å². The second kappa shape index (κ2) is 13.6. The zero-order chi connectivity index (χ0) is 32.1. The first kappa shape index (κ1) is 33.0. The third kappa shape index (κ3) is 7.85. The minimum absolute atomic E-state index is 0.0950. The number of thioether (sulfide) groups is 1. The van der Waals surface area contributed by atoms with E-state index in [1.807, 2.05) is 13.8 Å². The predicted octanol–water partition coefficient (Wildman–Crippen LogP) is 2.52. The van der Waals surface area contributed by atoms with Crippen molar-refractivity contribution in [3.05, 3.63) is 70.3 Å². The fourth-order valence-corrected chi connectivity index (χ4v) is 7.06. The standard InChI is InChI=1S/C27H31N7O7S2/c1-4-34(5-2)17-9-10-20(19(28)12-17)32-33-27-22(25(30)37)23(43(39,40)41)21(42-27)13-18(14(3)35)26(38)31-16-8-6-7-15(11-16)24(29)36/h6-13,21,23H,4-5,28H2,1-3H3,(H2,29,36)(H2,30,37)(H,31,38)(H,39,40,41). The van der Waals surface area contributed by atoms with E-state index >= 15 is 0 Å². The monoisotopic (exact) mass is 629 g/mol. The van der Waals surface area contributed by atoms with Gasteiger partial charge in [-0.25, -0.2) is 0 Å². The van der Waals surface area contributed by atoms with Crippen molar-refractivity contribution in [3.63, 3.8) is 0 Å². The Balaban J connectivity index is 2.00. The maximum absolute atomic E-state index is 13.0. The van der Waals surface area contributed by atoms with Crippen molar-refractivity contribution in [1.29, 1.82) is 0 Å². The average Bonchev–Trinajstić information content (AvgIpc) is 3.31. The summed E-state index contributed by atoms with van der Waals surface area (Å²) >= 11 is 0.659. The number of rotatable bonds is 12. The minimum Gasteiger partial charge on any atom is -0.397 e. The number of nitrogens with two attached hydrogens (primary N) is 3. The molecule has 0 saturated carbocycles. The maximum atomic E-state index is 13.0. The number of hydrogen-bond donors (Lipinski definition) is 5. The number of ketones is 1. The van der Waals surface area contributed by atoms with Gasteiger partial charge in [0.2, 0.25) is 11.8 Å². The molecule has 2 aromatic rings. The lowest BCUT2D eigenvalue weighted by Crippen LogP contribution is -2.35. The average molecular weight is 630 g/mol. The molecule has 2 unspecified atom stereocenters. The van der Waals surface area contributed by atoms with E-state index in [0.717, 1.165) is 31.8 Å². The Labute approximate surface area is 252 Å². The highest BCUT2D eigenvalue weighted by molar-refractivity contribution is 8.05. The zero-order valence-corrected chi connectivity index (χ0v) is 25.1. The third-order valence-electron chi connectivity index (χ3n) is 6.40. The Morgan fingerprint density at radius 1 is 1.05 bits per heavy atom. The van der Waals surface area contributed by atoms with E-state index in [2.05, 4.69) is 20.4 Å². The minimum atomic E-state index is -5.01. The first-order valence-corrected chi connectivity index (χ1v) is 15.2. The molecule has 1 aliphatic rings. The molecule has 0 aliphatic carbocycles. The number of Topliss-reactive ketones (excluding diaryl/α,β-unsaturated/α-hetero) is 1. The summed E-state index contributed by atoms with van der Waals surface area (Å²) in [5.41, 5.74) is 17.4. The lowest BCUT2D eigenvalue weighted by molar-refractivity contribution is -0.119. The lowest BCUT2D eigenvalue weighted by Gasteiger charge is -2.21. The summed E-state index contributed by atoms with van der Waals surface area (Å²) in [7, 11) is -5.01. The molecule has 1 heterocycles. The largest absolute Gasteiger partial charge is 0.397 e. The van der Waals surface area contributed by atoms with Gasteiger partial charge in [0.05, 0.1) is 22.1 Å². The number of hydrogen-bond acceptors (Lipinski definition) is 11. The van der Waals surface area contributed by atoms with Crippen LogP contribution in [0.5, 0.6) is 0 Å². The predicted molar refractivity (Wildman–Crippen MR) is 164 cm³/mol. The number of primary amides is 2. The molecule has 8 N–H and O–H groups in total. The van der Waals surface area contributed by atoms with Gasteiger partial charge in [-0.2, -0.15) is 8.42 Å². The van der Waals surface area contributed by atoms with E-state index < -0.39 is 55.3 Å². The molecule has 2 atom stereocenters. The topological polar surface area (TPSA) is 241 Å². The van der Waals surface area contributed by atoms with Crippen molar-refractivity contribution in [2.24, 2.45) is 21.7 Å². The Morgan fingerprint density at radius 2 is 1.72 bits per heavy atom. The molecule has 0 bridgehead atoms. The molecule has 14 nitrogen and oxygen atoms in total. The number of nitrogens with one attached hydrogen (secondary N) is 1. The van der Waals surface area contributed by atoms with Gasteiger partial charge in [-0.15, -0.1) is 10.2 Å². The summed E-state index contributed by atoms with van der Waals surface area (Å²) in [6, 6.07) is 10.7. The van der Waals surface area contributed by atoms with Crippen LogP contribution in [0.4, 0.5) is 22.7 Å². The summed E-state index contributed by atoms with van der Waals surface area (Å²) in [5, 5.41) is 6.93. The summed E-state index contributed by atoms with van der Waals surface area (Å²) < 4.78 is 35.0. The van der Waals surface area contributed by atoms with E-state index in [0.29, 0.717) is 11.8 Å². The molecule has 43 heavy (non-hydrogen) atoms. The fourth-order valence-electron chi connectivity index (χ4n) is 4.29. The molecule has 0 aromatic heterocycles. The van der Waals surface area contributed by atoms with Crippen LogP contribution in [0.2, 0.25) is 0 Å². The van der Waals surface area contributed by atoms with Gasteiger partial charge in [-0.05, 0) is 57.2 Å². The number of carbonyl (C=O) groups is 4.